The van der Waals surface area contributed by atoms with Gasteiger partial charge in [-0.1, -0.05) is 0 Å². The Morgan fingerprint density at radius 1 is 1.36 bits per heavy atom. The lowest BCUT2D eigenvalue weighted by molar-refractivity contribution is 0.0571. The summed E-state index contributed by atoms with van der Waals surface area (Å²) in [5.41, 5.74) is 0.0898. The minimum Gasteiger partial charge on any atom is -0.384 e. The predicted octanol–water partition coefficient (Wildman–Crippen LogP) is 1.21. The second-order valence-electron chi connectivity index (χ2n) is 6.45. The van der Waals surface area contributed by atoms with Crippen molar-refractivity contribution in [2.75, 3.05) is 26.8 Å². The molecule has 0 bridgehead atoms. The van der Waals surface area contributed by atoms with Crippen LogP contribution < -0.4 is 11.2 Å². The standard InChI is InChI=1S/C18H23N3O4/c1-3-21-17(23)14-7-6-13(9-15(14)19-18(21)24)16(22)20-8-4-5-12(10-20)11-25-2/h6-7,9,12H,3-5,8,10-11H2,1-2H3,(H,19,24). The van der Waals surface area contributed by atoms with Crippen molar-refractivity contribution in [3.8, 4) is 0 Å². The van der Waals surface area contributed by atoms with E-state index >= 15 is 0 Å². The summed E-state index contributed by atoms with van der Waals surface area (Å²) in [6.07, 6.45) is 2.00. The number of nitrogens with zero attached hydrogens (tertiary/aromatic N) is 2. The molecule has 1 atom stereocenters. The summed E-state index contributed by atoms with van der Waals surface area (Å²) in [6.45, 7) is 4.07. The lowest BCUT2D eigenvalue weighted by atomic mass is 9.98. The van der Waals surface area contributed by atoms with Gasteiger partial charge in [0.1, 0.15) is 0 Å². The Morgan fingerprint density at radius 3 is 2.88 bits per heavy atom. The fourth-order valence-electron chi connectivity index (χ4n) is 3.48. The summed E-state index contributed by atoms with van der Waals surface area (Å²) < 4.78 is 6.35. The average Bonchev–Trinajstić information content (AvgIpc) is 2.61. The van der Waals surface area contributed by atoms with E-state index < -0.39 is 5.69 Å². The van der Waals surface area contributed by atoms with Gasteiger partial charge in [-0.3, -0.25) is 14.2 Å². The summed E-state index contributed by atoms with van der Waals surface area (Å²) in [4.78, 5) is 41.6. The predicted molar refractivity (Wildman–Crippen MR) is 95.0 cm³/mol. The molecule has 1 aromatic heterocycles. The zero-order valence-electron chi connectivity index (χ0n) is 14.6. The third kappa shape index (κ3) is 3.37. The van der Waals surface area contributed by atoms with Crippen molar-refractivity contribution in [2.45, 2.75) is 26.3 Å². The van der Waals surface area contributed by atoms with Crippen LogP contribution in [0.4, 0.5) is 0 Å². The summed E-state index contributed by atoms with van der Waals surface area (Å²) in [6, 6.07) is 4.87. The highest BCUT2D eigenvalue weighted by Crippen LogP contribution is 2.20. The van der Waals surface area contributed by atoms with E-state index in [1.54, 1.807) is 32.2 Å². The van der Waals surface area contributed by atoms with Gasteiger partial charge >= 0.3 is 5.69 Å². The van der Waals surface area contributed by atoms with E-state index in [0.717, 1.165) is 17.4 Å². The molecule has 134 valence electrons. The number of amides is 1. The van der Waals surface area contributed by atoms with Crippen LogP contribution in [0.5, 0.6) is 0 Å². The van der Waals surface area contributed by atoms with E-state index in [9.17, 15) is 14.4 Å². The van der Waals surface area contributed by atoms with Crippen molar-refractivity contribution in [1.82, 2.24) is 14.5 Å². The number of rotatable bonds is 4. The number of hydrogen-bond acceptors (Lipinski definition) is 4. The molecule has 7 nitrogen and oxygen atoms in total. The molecule has 0 aliphatic carbocycles. The number of ether oxygens (including phenoxy) is 1. The van der Waals surface area contributed by atoms with Gasteiger partial charge in [0.25, 0.3) is 11.5 Å². The van der Waals surface area contributed by atoms with Crippen molar-refractivity contribution in [3.63, 3.8) is 0 Å². The molecule has 1 saturated heterocycles. The van der Waals surface area contributed by atoms with E-state index in [1.165, 1.54) is 0 Å². The highest BCUT2D eigenvalue weighted by molar-refractivity contribution is 5.97. The largest absolute Gasteiger partial charge is 0.384 e. The van der Waals surface area contributed by atoms with Gasteiger partial charge in [-0.15, -0.1) is 0 Å². The van der Waals surface area contributed by atoms with Crippen LogP contribution in [0.1, 0.15) is 30.1 Å². The number of methoxy groups -OCH3 is 1. The molecule has 1 fully saturated rings. The summed E-state index contributed by atoms with van der Waals surface area (Å²) in [7, 11) is 1.67. The van der Waals surface area contributed by atoms with Gasteiger partial charge in [-0.25, -0.2) is 4.79 Å². The number of piperidine rings is 1. The molecule has 1 aliphatic heterocycles. The molecule has 1 unspecified atom stereocenters. The van der Waals surface area contributed by atoms with E-state index in [4.69, 9.17) is 4.74 Å². The van der Waals surface area contributed by atoms with E-state index in [0.29, 0.717) is 48.6 Å². The third-order valence-corrected chi connectivity index (χ3v) is 4.75. The SMILES string of the molecule is CCn1c(=O)[nH]c2cc(C(=O)N3CCCC(COC)C3)ccc2c1=O. The molecule has 7 heteroatoms. The van der Waals surface area contributed by atoms with Crippen LogP contribution in [0.3, 0.4) is 0 Å². The molecule has 0 spiro atoms. The second-order valence-corrected chi connectivity index (χ2v) is 6.45. The monoisotopic (exact) mass is 345 g/mol. The van der Waals surface area contributed by atoms with Crippen LogP contribution in [-0.4, -0.2) is 47.2 Å². The number of fused-ring (bicyclic) bond motifs is 1. The minimum atomic E-state index is -0.456. The molecule has 2 aromatic rings. The molecule has 2 heterocycles. The highest BCUT2D eigenvalue weighted by atomic mass is 16.5. The first-order valence-electron chi connectivity index (χ1n) is 8.60. The number of H-pyrrole nitrogens is 1. The first kappa shape index (κ1) is 17.4. The van der Waals surface area contributed by atoms with Crippen LogP contribution in [0, 0.1) is 5.92 Å². The number of carbonyl (C=O) groups is 1. The average molecular weight is 345 g/mol. The van der Waals surface area contributed by atoms with E-state index in [-0.39, 0.29) is 11.5 Å². The van der Waals surface area contributed by atoms with Gasteiger partial charge < -0.3 is 14.6 Å². The van der Waals surface area contributed by atoms with Crippen molar-refractivity contribution in [1.29, 1.82) is 0 Å². The molecule has 1 aromatic carbocycles. The Bertz CT molecular complexity index is 897. The topological polar surface area (TPSA) is 84.4 Å². The lowest BCUT2D eigenvalue weighted by Gasteiger charge is -2.32. The van der Waals surface area contributed by atoms with E-state index in [2.05, 4.69) is 4.98 Å². The van der Waals surface area contributed by atoms with Crippen LogP contribution in [0.2, 0.25) is 0 Å². The molecule has 0 radical (unpaired) electrons. The zero-order chi connectivity index (χ0) is 18.0. The van der Waals surface area contributed by atoms with Crippen LogP contribution >= 0.6 is 0 Å². The van der Waals surface area contributed by atoms with Crippen LogP contribution in [-0.2, 0) is 11.3 Å². The van der Waals surface area contributed by atoms with Gasteiger partial charge in [0.2, 0.25) is 0 Å². The number of likely N-dealkylation sites (tertiary alicyclic amines) is 1. The van der Waals surface area contributed by atoms with Crippen molar-refractivity contribution < 1.29 is 9.53 Å². The van der Waals surface area contributed by atoms with Crippen LogP contribution in [0.25, 0.3) is 10.9 Å². The Hall–Kier alpha value is -2.41. The highest BCUT2D eigenvalue weighted by Gasteiger charge is 2.24. The Labute approximate surface area is 145 Å². The maximum absolute atomic E-state index is 12.8. The first-order chi connectivity index (χ1) is 12.0. The maximum Gasteiger partial charge on any atom is 0.328 e. The summed E-state index contributed by atoms with van der Waals surface area (Å²) in [5, 5.41) is 0.411. The van der Waals surface area contributed by atoms with E-state index in [1.807, 2.05) is 4.90 Å². The Kier molecular flexibility index (Phi) is 5.03. The maximum atomic E-state index is 12.8. The lowest BCUT2D eigenvalue weighted by Crippen LogP contribution is -2.41. The van der Waals surface area contributed by atoms with Crippen molar-refractivity contribution in [3.05, 3.63) is 44.6 Å². The molecular weight excluding hydrogens is 322 g/mol. The molecule has 1 aliphatic rings. The van der Waals surface area contributed by atoms with Crippen molar-refractivity contribution in [2.24, 2.45) is 5.92 Å². The van der Waals surface area contributed by atoms with Gasteiger partial charge in [-0.05, 0) is 43.9 Å². The van der Waals surface area contributed by atoms with Gasteiger partial charge in [-0.2, -0.15) is 0 Å². The molecule has 25 heavy (non-hydrogen) atoms. The summed E-state index contributed by atoms with van der Waals surface area (Å²) in [5.74, 6) is 0.267. The minimum absolute atomic E-state index is 0.0803. The quantitative estimate of drug-likeness (QED) is 0.903. The fourth-order valence-corrected chi connectivity index (χ4v) is 3.48. The molecule has 1 N–H and O–H groups in total. The van der Waals surface area contributed by atoms with Crippen molar-refractivity contribution >= 4 is 16.8 Å². The number of hydrogen-bond donors (Lipinski definition) is 1. The third-order valence-electron chi connectivity index (χ3n) is 4.75. The normalized spacial score (nSPS) is 17.8. The number of aromatic amines is 1. The Balaban J connectivity index is 1.92. The van der Waals surface area contributed by atoms with Gasteiger partial charge in [0, 0.05) is 32.3 Å². The van der Waals surface area contributed by atoms with Gasteiger partial charge in [0.05, 0.1) is 17.5 Å². The molecule has 1 amide bonds. The molecular formula is C18H23N3O4. The number of carbonyl (C=O) groups excluding carboxylic acids is 1. The fraction of sp³-hybridized carbons (Fsp3) is 0.500. The zero-order valence-corrected chi connectivity index (χ0v) is 14.6. The van der Waals surface area contributed by atoms with Gasteiger partial charge in [0.15, 0.2) is 0 Å². The number of nitrogens with one attached hydrogen (secondary N) is 1. The molecule has 0 saturated carbocycles. The summed E-state index contributed by atoms with van der Waals surface area (Å²) >= 11 is 0. The smallest absolute Gasteiger partial charge is 0.328 e. The molecule has 3 rings (SSSR count). The number of benzene rings is 1. The Morgan fingerprint density at radius 2 is 2.16 bits per heavy atom. The first-order valence-corrected chi connectivity index (χ1v) is 8.60. The second kappa shape index (κ2) is 7.23. The number of aromatic nitrogens is 2. The van der Waals surface area contributed by atoms with Crippen LogP contribution in [0.15, 0.2) is 27.8 Å².